The van der Waals surface area contributed by atoms with Crippen molar-refractivity contribution in [3.05, 3.63) is 97.2 Å². The molecule has 1 atom stereocenters. The minimum Gasteiger partial charge on any atom is -0.462 e. The first-order valence-electron chi connectivity index (χ1n) is 34.7. The number of carbonyl (C=O) groups is 3. The van der Waals surface area contributed by atoms with Crippen molar-refractivity contribution >= 4 is 17.9 Å². The second kappa shape index (κ2) is 68.8. The molecule has 0 aromatic heterocycles. The summed E-state index contributed by atoms with van der Waals surface area (Å²) in [6.07, 6.45) is 92.8. The van der Waals surface area contributed by atoms with Gasteiger partial charge in [0.1, 0.15) is 13.2 Å². The summed E-state index contributed by atoms with van der Waals surface area (Å²) in [5.41, 5.74) is 0. The lowest BCUT2D eigenvalue weighted by Gasteiger charge is -2.18. The predicted molar refractivity (Wildman–Crippen MR) is 353 cm³/mol. The van der Waals surface area contributed by atoms with E-state index in [1.165, 1.54) is 180 Å². The molecule has 0 aliphatic heterocycles. The summed E-state index contributed by atoms with van der Waals surface area (Å²) in [5, 5.41) is 0. The molecule has 1 unspecified atom stereocenters. The van der Waals surface area contributed by atoms with Crippen LogP contribution in [0.15, 0.2) is 97.2 Å². The highest BCUT2D eigenvalue weighted by atomic mass is 16.6. The van der Waals surface area contributed by atoms with Crippen LogP contribution in [0.3, 0.4) is 0 Å². The number of rotatable bonds is 63. The Labute approximate surface area is 502 Å². The Morgan fingerprint density at radius 1 is 0.259 bits per heavy atom. The van der Waals surface area contributed by atoms with Crippen molar-refractivity contribution in [1.82, 2.24) is 0 Å². The van der Waals surface area contributed by atoms with Gasteiger partial charge in [0, 0.05) is 19.3 Å². The van der Waals surface area contributed by atoms with E-state index in [2.05, 4.69) is 118 Å². The van der Waals surface area contributed by atoms with Crippen LogP contribution in [0.1, 0.15) is 342 Å². The second-order valence-electron chi connectivity index (χ2n) is 23.1. The maximum atomic E-state index is 13.0. The zero-order valence-electron chi connectivity index (χ0n) is 53.5. The van der Waals surface area contributed by atoms with Crippen molar-refractivity contribution in [3.63, 3.8) is 0 Å². The Hall–Kier alpha value is -3.67. The van der Waals surface area contributed by atoms with Gasteiger partial charge < -0.3 is 14.2 Å². The standard InChI is InChI=1S/C75H130O6/c1-4-7-10-13-16-19-22-25-28-31-34-36-37-39-41-44-47-50-53-56-59-62-65-68-74(77)80-71-72(70-79-73(76)67-64-61-58-55-52-49-46-43-40-33-30-27-24-21-18-15-12-9-6-3)81-75(78)69-66-63-60-57-54-51-48-45-42-38-35-32-29-26-23-20-17-14-11-8-5-2/h9,12,18,21,23,26-27,30,32,35,40,42-43,45,49,52,72H,4-8,10-11,13-17,19-20,22,24-25,28-29,31,33-34,36-39,41,44,46-48,50-51,53-71H2,1-3H3/b12-9-,21-18-,26-23-,30-27-,35-32-,43-40-,45-42-,52-49-. The number of carbonyl (C=O) groups excluding carboxylic acids is 3. The van der Waals surface area contributed by atoms with E-state index in [-0.39, 0.29) is 31.1 Å². The monoisotopic (exact) mass is 1130 g/mol. The lowest BCUT2D eigenvalue weighted by Crippen LogP contribution is -2.30. The van der Waals surface area contributed by atoms with E-state index in [0.717, 1.165) is 122 Å². The second-order valence-corrected chi connectivity index (χ2v) is 23.1. The van der Waals surface area contributed by atoms with Gasteiger partial charge in [-0.2, -0.15) is 0 Å². The smallest absolute Gasteiger partial charge is 0.306 e. The van der Waals surface area contributed by atoms with E-state index < -0.39 is 6.10 Å². The summed E-state index contributed by atoms with van der Waals surface area (Å²) >= 11 is 0. The highest BCUT2D eigenvalue weighted by Crippen LogP contribution is 2.17. The van der Waals surface area contributed by atoms with Crippen molar-refractivity contribution < 1.29 is 28.6 Å². The molecule has 0 rings (SSSR count). The van der Waals surface area contributed by atoms with E-state index in [0.29, 0.717) is 19.3 Å². The van der Waals surface area contributed by atoms with Crippen LogP contribution in [0.25, 0.3) is 0 Å². The summed E-state index contributed by atoms with van der Waals surface area (Å²) in [6.45, 7) is 6.52. The minimum absolute atomic E-state index is 0.0914. The van der Waals surface area contributed by atoms with E-state index in [9.17, 15) is 14.4 Å². The van der Waals surface area contributed by atoms with Gasteiger partial charge in [-0.25, -0.2) is 0 Å². The zero-order valence-corrected chi connectivity index (χ0v) is 53.5. The van der Waals surface area contributed by atoms with Gasteiger partial charge in [0.15, 0.2) is 6.10 Å². The molecule has 0 saturated carbocycles. The Balaban J connectivity index is 4.42. The van der Waals surface area contributed by atoms with Crippen molar-refractivity contribution in [2.45, 2.75) is 348 Å². The molecule has 0 aromatic carbocycles. The zero-order chi connectivity index (χ0) is 58.5. The molecule has 0 spiro atoms. The Morgan fingerprint density at radius 2 is 0.481 bits per heavy atom. The van der Waals surface area contributed by atoms with E-state index in [4.69, 9.17) is 14.2 Å². The summed E-state index contributed by atoms with van der Waals surface area (Å²) in [5.74, 6) is -0.922. The number of esters is 3. The molecule has 0 heterocycles. The molecule has 0 aliphatic carbocycles. The van der Waals surface area contributed by atoms with E-state index in [1.807, 2.05) is 0 Å². The molecule has 466 valence electrons. The van der Waals surface area contributed by atoms with Crippen molar-refractivity contribution in [2.75, 3.05) is 13.2 Å². The molecule has 0 saturated heterocycles. The molecule has 0 bridgehead atoms. The molecule has 6 heteroatoms. The third kappa shape index (κ3) is 67.0. The van der Waals surface area contributed by atoms with Crippen LogP contribution in [-0.4, -0.2) is 37.2 Å². The van der Waals surface area contributed by atoms with Crippen LogP contribution in [0.2, 0.25) is 0 Å². The molecular formula is C75H130O6. The summed E-state index contributed by atoms with van der Waals surface area (Å²) < 4.78 is 17.0. The fraction of sp³-hybridized carbons (Fsp3) is 0.747. The molecule has 6 nitrogen and oxygen atoms in total. The predicted octanol–water partition coefficient (Wildman–Crippen LogP) is 24.0. The van der Waals surface area contributed by atoms with Gasteiger partial charge in [-0.05, 0) is 103 Å². The summed E-state index contributed by atoms with van der Waals surface area (Å²) in [4.78, 5) is 38.5. The minimum atomic E-state index is -0.801. The van der Waals surface area contributed by atoms with E-state index >= 15 is 0 Å². The topological polar surface area (TPSA) is 78.9 Å². The van der Waals surface area contributed by atoms with Gasteiger partial charge in [-0.3, -0.25) is 14.4 Å². The molecule has 0 aliphatic rings. The average molecular weight is 1130 g/mol. The molecular weight excluding hydrogens is 997 g/mol. The van der Waals surface area contributed by atoms with Gasteiger partial charge in [-0.15, -0.1) is 0 Å². The first-order valence-corrected chi connectivity index (χ1v) is 34.7. The Bertz CT molecular complexity index is 1580. The molecule has 0 aromatic rings. The molecule has 81 heavy (non-hydrogen) atoms. The molecule has 0 amide bonds. The largest absolute Gasteiger partial charge is 0.462 e. The van der Waals surface area contributed by atoms with Crippen LogP contribution in [0.5, 0.6) is 0 Å². The summed E-state index contributed by atoms with van der Waals surface area (Å²) in [7, 11) is 0. The maximum Gasteiger partial charge on any atom is 0.306 e. The van der Waals surface area contributed by atoms with Gasteiger partial charge >= 0.3 is 17.9 Å². The van der Waals surface area contributed by atoms with Crippen molar-refractivity contribution in [2.24, 2.45) is 0 Å². The van der Waals surface area contributed by atoms with Crippen LogP contribution >= 0.6 is 0 Å². The third-order valence-corrected chi connectivity index (χ3v) is 15.1. The maximum absolute atomic E-state index is 13.0. The van der Waals surface area contributed by atoms with Crippen molar-refractivity contribution in [1.29, 1.82) is 0 Å². The quantitative estimate of drug-likeness (QED) is 0.0261. The average Bonchev–Trinajstić information content (AvgIpc) is 3.47. The Morgan fingerprint density at radius 3 is 0.765 bits per heavy atom. The first-order chi connectivity index (χ1) is 40.0. The van der Waals surface area contributed by atoms with Crippen LogP contribution in [0, 0.1) is 0 Å². The summed E-state index contributed by atoms with van der Waals surface area (Å²) in [6, 6.07) is 0. The van der Waals surface area contributed by atoms with Gasteiger partial charge in [0.05, 0.1) is 0 Å². The highest BCUT2D eigenvalue weighted by molar-refractivity contribution is 5.71. The SMILES string of the molecule is CC/C=C\C/C=C\C/C=C\C/C=C\C/C=C\CCCCCC(=O)OCC(COC(=O)CCCCCCCCCCCCCCCCCCCCCCCCC)OC(=O)CCCCCCCC/C=C\C/C=C\C/C=C\CCCCCCC. The van der Waals surface area contributed by atoms with Crippen molar-refractivity contribution in [3.8, 4) is 0 Å². The number of allylic oxidation sites excluding steroid dienone is 16. The van der Waals surface area contributed by atoms with Crippen LogP contribution in [-0.2, 0) is 28.6 Å². The number of hydrogen-bond acceptors (Lipinski definition) is 6. The normalized spacial score (nSPS) is 12.7. The highest BCUT2D eigenvalue weighted by Gasteiger charge is 2.19. The van der Waals surface area contributed by atoms with Crippen LogP contribution < -0.4 is 0 Å². The fourth-order valence-corrected chi connectivity index (χ4v) is 9.89. The number of unbranched alkanes of at least 4 members (excludes halogenated alkanes) is 36. The number of hydrogen-bond donors (Lipinski definition) is 0. The number of ether oxygens (including phenoxy) is 3. The van der Waals surface area contributed by atoms with E-state index in [1.54, 1.807) is 0 Å². The molecule has 0 radical (unpaired) electrons. The molecule has 0 fully saturated rings. The van der Waals surface area contributed by atoms with Crippen LogP contribution in [0.4, 0.5) is 0 Å². The lowest BCUT2D eigenvalue weighted by molar-refractivity contribution is -0.167. The van der Waals surface area contributed by atoms with Gasteiger partial charge in [0.2, 0.25) is 0 Å². The lowest BCUT2D eigenvalue weighted by atomic mass is 10.0. The fourth-order valence-electron chi connectivity index (χ4n) is 9.89. The molecule has 0 N–H and O–H groups in total. The third-order valence-electron chi connectivity index (χ3n) is 15.1. The Kier molecular flexibility index (Phi) is 65.7. The van der Waals surface area contributed by atoms with Gasteiger partial charge in [-0.1, -0.05) is 317 Å². The first kappa shape index (κ1) is 77.3. The van der Waals surface area contributed by atoms with Gasteiger partial charge in [0.25, 0.3) is 0 Å².